The van der Waals surface area contributed by atoms with E-state index in [2.05, 4.69) is 4.74 Å². The van der Waals surface area contributed by atoms with Gasteiger partial charge in [-0.05, 0) is 42.5 Å². The molecule has 0 aliphatic heterocycles. The van der Waals surface area contributed by atoms with Gasteiger partial charge < -0.3 is 16.2 Å². The van der Waals surface area contributed by atoms with E-state index in [4.69, 9.17) is 11.5 Å². The molecule has 4 nitrogen and oxygen atoms in total. The van der Waals surface area contributed by atoms with Crippen molar-refractivity contribution >= 4 is 29.1 Å². The minimum absolute atomic E-state index is 0.393. The fourth-order valence-electron chi connectivity index (χ4n) is 1.55. The highest BCUT2D eigenvalue weighted by atomic mass is 32.2. The first-order valence-electron chi connectivity index (χ1n) is 5.61. The monoisotopic (exact) mass is 274 g/mol. The Labute approximate surface area is 115 Å². The van der Waals surface area contributed by atoms with Crippen LogP contribution < -0.4 is 11.5 Å². The Morgan fingerprint density at radius 3 is 2.37 bits per heavy atom. The molecule has 4 N–H and O–H groups in total. The van der Waals surface area contributed by atoms with Crippen LogP contribution in [0.2, 0.25) is 0 Å². The Morgan fingerprint density at radius 2 is 1.79 bits per heavy atom. The van der Waals surface area contributed by atoms with Crippen molar-refractivity contribution in [3.05, 3.63) is 48.0 Å². The first-order valence-corrected chi connectivity index (χ1v) is 6.43. The summed E-state index contributed by atoms with van der Waals surface area (Å²) in [6.45, 7) is 0. The second kappa shape index (κ2) is 5.67. The highest BCUT2D eigenvalue weighted by Gasteiger charge is 2.08. The zero-order valence-electron chi connectivity index (χ0n) is 10.4. The highest BCUT2D eigenvalue weighted by Crippen LogP contribution is 2.32. The maximum absolute atomic E-state index is 11.4. The zero-order chi connectivity index (χ0) is 13.8. The summed E-state index contributed by atoms with van der Waals surface area (Å²) < 4.78 is 4.65. The molecular formula is C14H14N2O2S. The standard InChI is InChI=1S/C14H14N2O2S/c1-18-14(17)9-2-7-13(12(16)8-9)19-11-5-3-10(15)4-6-11/h2-8H,15-16H2,1H3. The van der Waals surface area contributed by atoms with Crippen LogP contribution in [-0.2, 0) is 4.74 Å². The lowest BCUT2D eigenvalue weighted by atomic mass is 10.2. The number of nitrogen functional groups attached to an aromatic ring is 2. The molecule has 0 heterocycles. The second-order valence-electron chi connectivity index (χ2n) is 3.92. The molecule has 5 heteroatoms. The van der Waals surface area contributed by atoms with Crippen LogP contribution in [0.4, 0.5) is 11.4 Å². The third kappa shape index (κ3) is 3.20. The fourth-order valence-corrected chi connectivity index (χ4v) is 2.39. The molecule has 0 saturated carbocycles. The molecule has 0 bridgehead atoms. The first-order chi connectivity index (χ1) is 9.10. The van der Waals surface area contributed by atoms with E-state index in [9.17, 15) is 4.79 Å². The van der Waals surface area contributed by atoms with Gasteiger partial charge in [0.1, 0.15) is 0 Å². The van der Waals surface area contributed by atoms with Gasteiger partial charge in [-0.1, -0.05) is 11.8 Å². The summed E-state index contributed by atoms with van der Waals surface area (Å²) in [4.78, 5) is 13.3. The lowest BCUT2D eigenvalue weighted by molar-refractivity contribution is 0.0600. The van der Waals surface area contributed by atoms with Crippen molar-refractivity contribution in [3.63, 3.8) is 0 Å². The summed E-state index contributed by atoms with van der Waals surface area (Å²) in [5.41, 5.74) is 13.3. The number of benzene rings is 2. The molecule has 0 unspecified atom stereocenters. The maximum atomic E-state index is 11.4. The molecule has 2 rings (SSSR count). The van der Waals surface area contributed by atoms with E-state index in [0.717, 1.165) is 15.5 Å². The number of rotatable bonds is 3. The lowest BCUT2D eigenvalue weighted by Crippen LogP contribution is -2.02. The van der Waals surface area contributed by atoms with Crippen LogP contribution in [0.3, 0.4) is 0 Å². The van der Waals surface area contributed by atoms with Crippen LogP contribution in [0, 0.1) is 0 Å². The molecule has 0 fully saturated rings. The average molecular weight is 274 g/mol. The smallest absolute Gasteiger partial charge is 0.337 e. The van der Waals surface area contributed by atoms with Crippen molar-refractivity contribution < 1.29 is 9.53 Å². The molecule has 19 heavy (non-hydrogen) atoms. The van der Waals surface area contributed by atoms with Crippen LogP contribution in [0.15, 0.2) is 52.3 Å². The van der Waals surface area contributed by atoms with E-state index in [0.29, 0.717) is 11.3 Å². The number of hydrogen-bond acceptors (Lipinski definition) is 5. The molecule has 0 atom stereocenters. The Bertz CT molecular complexity index is 597. The van der Waals surface area contributed by atoms with Crippen LogP contribution in [0.5, 0.6) is 0 Å². The largest absolute Gasteiger partial charge is 0.465 e. The quantitative estimate of drug-likeness (QED) is 0.664. The number of esters is 1. The van der Waals surface area contributed by atoms with E-state index in [1.54, 1.807) is 12.1 Å². The number of ether oxygens (including phenoxy) is 1. The number of carbonyl (C=O) groups is 1. The highest BCUT2D eigenvalue weighted by molar-refractivity contribution is 7.99. The Hall–Kier alpha value is -2.14. The van der Waals surface area contributed by atoms with E-state index in [1.165, 1.54) is 18.9 Å². The molecule has 0 radical (unpaired) electrons. The molecule has 0 spiro atoms. The number of methoxy groups -OCH3 is 1. The number of hydrogen-bond donors (Lipinski definition) is 2. The summed E-state index contributed by atoms with van der Waals surface area (Å²) >= 11 is 1.52. The van der Waals surface area contributed by atoms with E-state index in [-0.39, 0.29) is 0 Å². The Morgan fingerprint density at radius 1 is 1.11 bits per heavy atom. The summed E-state index contributed by atoms with van der Waals surface area (Å²) in [7, 11) is 1.34. The van der Waals surface area contributed by atoms with Crippen molar-refractivity contribution in [2.45, 2.75) is 9.79 Å². The number of anilines is 2. The van der Waals surface area contributed by atoms with Gasteiger partial charge in [0.25, 0.3) is 0 Å². The van der Waals surface area contributed by atoms with Gasteiger partial charge in [0.15, 0.2) is 0 Å². The van der Waals surface area contributed by atoms with Crippen molar-refractivity contribution in [1.29, 1.82) is 0 Å². The van der Waals surface area contributed by atoms with Crippen molar-refractivity contribution in [2.75, 3.05) is 18.6 Å². The van der Waals surface area contributed by atoms with Crippen molar-refractivity contribution in [3.8, 4) is 0 Å². The van der Waals surface area contributed by atoms with Crippen LogP contribution in [0.25, 0.3) is 0 Å². The van der Waals surface area contributed by atoms with Gasteiger partial charge in [-0.15, -0.1) is 0 Å². The predicted octanol–water partition coefficient (Wildman–Crippen LogP) is 2.79. The van der Waals surface area contributed by atoms with Crippen molar-refractivity contribution in [2.24, 2.45) is 0 Å². The SMILES string of the molecule is COC(=O)c1ccc(Sc2ccc(N)cc2)c(N)c1. The van der Waals surface area contributed by atoms with Crippen LogP contribution in [0.1, 0.15) is 10.4 Å². The van der Waals surface area contributed by atoms with Gasteiger partial charge in [0.05, 0.1) is 12.7 Å². The molecule has 2 aromatic carbocycles. The summed E-state index contributed by atoms with van der Waals surface area (Å²) in [5.74, 6) is -0.393. The first kappa shape index (κ1) is 13.3. The zero-order valence-corrected chi connectivity index (χ0v) is 11.2. The van der Waals surface area contributed by atoms with E-state index < -0.39 is 5.97 Å². The van der Waals surface area contributed by atoms with Gasteiger partial charge >= 0.3 is 5.97 Å². The molecule has 0 amide bonds. The summed E-state index contributed by atoms with van der Waals surface area (Å²) in [5, 5.41) is 0. The van der Waals surface area contributed by atoms with Gasteiger partial charge in [0, 0.05) is 21.2 Å². The third-order valence-corrected chi connectivity index (χ3v) is 3.64. The number of carbonyl (C=O) groups excluding carboxylic acids is 1. The average Bonchev–Trinajstić information content (AvgIpc) is 2.42. The molecule has 0 aliphatic rings. The van der Waals surface area contributed by atoms with Crippen LogP contribution >= 0.6 is 11.8 Å². The fraction of sp³-hybridized carbons (Fsp3) is 0.0714. The Kier molecular flexibility index (Phi) is 3.97. The van der Waals surface area contributed by atoms with E-state index in [1.807, 2.05) is 30.3 Å². The van der Waals surface area contributed by atoms with Crippen LogP contribution in [-0.4, -0.2) is 13.1 Å². The topological polar surface area (TPSA) is 78.3 Å². The molecule has 98 valence electrons. The molecule has 0 aromatic heterocycles. The predicted molar refractivity (Wildman–Crippen MR) is 77.2 cm³/mol. The third-order valence-electron chi connectivity index (χ3n) is 2.54. The van der Waals surface area contributed by atoms with E-state index >= 15 is 0 Å². The van der Waals surface area contributed by atoms with Crippen molar-refractivity contribution in [1.82, 2.24) is 0 Å². The maximum Gasteiger partial charge on any atom is 0.337 e. The minimum atomic E-state index is -0.393. The van der Waals surface area contributed by atoms with Gasteiger partial charge in [-0.3, -0.25) is 0 Å². The Balaban J connectivity index is 2.22. The molecular weight excluding hydrogens is 260 g/mol. The van der Waals surface area contributed by atoms with Gasteiger partial charge in [0.2, 0.25) is 0 Å². The normalized spacial score (nSPS) is 10.2. The van der Waals surface area contributed by atoms with Gasteiger partial charge in [-0.25, -0.2) is 4.79 Å². The summed E-state index contributed by atoms with van der Waals surface area (Å²) in [6.07, 6.45) is 0. The molecule has 2 aromatic rings. The second-order valence-corrected chi connectivity index (χ2v) is 5.03. The minimum Gasteiger partial charge on any atom is -0.465 e. The van der Waals surface area contributed by atoms with Gasteiger partial charge in [-0.2, -0.15) is 0 Å². The molecule has 0 aliphatic carbocycles. The summed E-state index contributed by atoms with van der Waals surface area (Å²) in [6, 6.07) is 12.6. The molecule has 0 saturated heterocycles. The number of nitrogens with two attached hydrogens (primary N) is 2. The lowest BCUT2D eigenvalue weighted by Gasteiger charge is -2.07.